The summed E-state index contributed by atoms with van der Waals surface area (Å²) < 4.78 is 2.41. The zero-order chi connectivity index (χ0) is 22.0. The molecule has 0 bridgehead atoms. The molecule has 1 aliphatic rings. The third kappa shape index (κ3) is 3.99. The van der Waals surface area contributed by atoms with E-state index in [1.807, 2.05) is 12.3 Å². The number of aromatic nitrogens is 2. The van der Waals surface area contributed by atoms with Crippen molar-refractivity contribution >= 4 is 17.3 Å². The van der Waals surface area contributed by atoms with Crippen LogP contribution in [0.4, 0.5) is 0 Å². The molecule has 2 atom stereocenters. The van der Waals surface area contributed by atoms with E-state index in [4.69, 9.17) is 12.2 Å². The van der Waals surface area contributed by atoms with Crippen molar-refractivity contribution in [2.24, 2.45) is 0 Å². The first kappa shape index (κ1) is 21.6. The van der Waals surface area contributed by atoms with E-state index >= 15 is 0 Å². The molecule has 1 aliphatic heterocycles. The van der Waals surface area contributed by atoms with Gasteiger partial charge in [0.05, 0.1) is 17.8 Å². The van der Waals surface area contributed by atoms with Crippen molar-refractivity contribution in [1.29, 1.82) is 0 Å². The number of hydrogen-bond acceptors (Lipinski definition) is 2. The van der Waals surface area contributed by atoms with Crippen molar-refractivity contribution < 1.29 is 0 Å². The maximum absolute atomic E-state index is 5.80. The molecular formula is C26H32N4S. The van der Waals surface area contributed by atoms with E-state index in [1.54, 1.807) is 0 Å². The summed E-state index contributed by atoms with van der Waals surface area (Å²) in [6, 6.07) is 17.3. The first-order valence-electron chi connectivity index (χ1n) is 11.3. The van der Waals surface area contributed by atoms with Crippen LogP contribution in [-0.4, -0.2) is 26.1 Å². The minimum atomic E-state index is 0.0425. The topological polar surface area (TPSA) is 33.1 Å². The summed E-state index contributed by atoms with van der Waals surface area (Å²) in [7, 11) is 0. The predicted octanol–water partition coefficient (Wildman–Crippen LogP) is 5.82. The molecule has 0 saturated carbocycles. The average Bonchev–Trinajstić information content (AvgIpc) is 3.27. The first-order valence-corrected chi connectivity index (χ1v) is 11.7. The Labute approximate surface area is 191 Å². The van der Waals surface area contributed by atoms with Crippen molar-refractivity contribution in [3.8, 4) is 5.69 Å². The fourth-order valence-electron chi connectivity index (χ4n) is 4.80. The molecule has 2 unspecified atom stereocenters. The number of hydrogen-bond donors (Lipinski definition) is 1. The van der Waals surface area contributed by atoms with Gasteiger partial charge in [0.1, 0.15) is 0 Å². The van der Waals surface area contributed by atoms with Crippen LogP contribution in [0.3, 0.4) is 0 Å². The summed E-state index contributed by atoms with van der Waals surface area (Å²) in [5, 5.41) is 4.41. The van der Waals surface area contributed by atoms with E-state index in [0.717, 1.165) is 36.6 Å². The molecule has 5 heteroatoms. The van der Waals surface area contributed by atoms with Gasteiger partial charge in [0.25, 0.3) is 0 Å². The average molecular weight is 433 g/mol. The summed E-state index contributed by atoms with van der Waals surface area (Å²) >= 11 is 5.80. The Kier molecular flexibility index (Phi) is 6.42. The van der Waals surface area contributed by atoms with E-state index in [9.17, 15) is 0 Å². The number of aryl methyl sites for hydroxylation is 2. The van der Waals surface area contributed by atoms with Crippen LogP contribution in [0.5, 0.6) is 0 Å². The molecule has 1 saturated heterocycles. The molecule has 4 rings (SSSR count). The van der Waals surface area contributed by atoms with E-state index in [2.05, 4.69) is 89.9 Å². The third-order valence-corrected chi connectivity index (χ3v) is 6.71. The van der Waals surface area contributed by atoms with Gasteiger partial charge in [-0.1, -0.05) is 44.5 Å². The highest BCUT2D eigenvalue weighted by Crippen LogP contribution is 2.41. The summed E-state index contributed by atoms with van der Waals surface area (Å²) in [6.07, 6.45) is 5.14. The fourth-order valence-corrected chi connectivity index (χ4v) is 5.13. The number of para-hydroxylation sites is 1. The smallest absolute Gasteiger partial charge is 0.170 e. The molecule has 0 aliphatic carbocycles. The molecule has 4 nitrogen and oxygen atoms in total. The number of thiocarbonyl (C=S) groups is 1. The van der Waals surface area contributed by atoms with Crippen LogP contribution in [-0.2, 0) is 6.42 Å². The lowest BCUT2D eigenvalue weighted by molar-refractivity contribution is 0.312. The molecule has 1 fully saturated rings. The van der Waals surface area contributed by atoms with Gasteiger partial charge in [0.2, 0.25) is 0 Å². The first-order chi connectivity index (χ1) is 15.1. The molecule has 1 aromatic carbocycles. The lowest BCUT2D eigenvalue weighted by Gasteiger charge is -2.28. The van der Waals surface area contributed by atoms with E-state index in [0.29, 0.717) is 0 Å². The van der Waals surface area contributed by atoms with Crippen molar-refractivity contribution in [2.45, 2.75) is 59.0 Å². The highest BCUT2D eigenvalue weighted by Gasteiger charge is 2.41. The lowest BCUT2D eigenvalue weighted by Crippen LogP contribution is -2.30. The van der Waals surface area contributed by atoms with E-state index < -0.39 is 0 Å². The number of pyridine rings is 1. The Hall–Kier alpha value is -2.66. The van der Waals surface area contributed by atoms with Crippen molar-refractivity contribution in [3.63, 3.8) is 0 Å². The van der Waals surface area contributed by atoms with Gasteiger partial charge in [-0.3, -0.25) is 4.98 Å². The van der Waals surface area contributed by atoms with Gasteiger partial charge in [-0.15, -0.1) is 0 Å². The maximum Gasteiger partial charge on any atom is 0.170 e. The standard InChI is InChI=1S/C26H32N4S/c1-5-7-16-29-25(24(28-26(29)31)22-13-10-11-15-27-22)21-17-18(3)30(19(21)4)23-14-9-8-12-20(23)6-2/h8-15,17,24-25H,5-7,16H2,1-4H3,(H,28,31). The van der Waals surface area contributed by atoms with Crippen LogP contribution in [0.2, 0.25) is 0 Å². The quantitative estimate of drug-likeness (QED) is 0.477. The molecule has 0 amide bonds. The SMILES string of the molecule is CCCCN1C(=S)NC(c2ccccn2)C1c1cc(C)n(-c2ccccc2CC)c1C. The highest BCUT2D eigenvalue weighted by molar-refractivity contribution is 7.80. The Morgan fingerprint density at radius 1 is 1.06 bits per heavy atom. The highest BCUT2D eigenvalue weighted by atomic mass is 32.1. The second kappa shape index (κ2) is 9.23. The van der Waals surface area contributed by atoms with Gasteiger partial charge in [-0.25, -0.2) is 0 Å². The molecule has 1 N–H and O–H groups in total. The number of nitrogens with one attached hydrogen (secondary N) is 1. The Morgan fingerprint density at radius 2 is 1.84 bits per heavy atom. The summed E-state index contributed by atoms with van der Waals surface area (Å²) in [6.45, 7) is 9.84. The van der Waals surface area contributed by atoms with Gasteiger partial charge in [-0.2, -0.15) is 0 Å². The lowest BCUT2D eigenvalue weighted by atomic mass is 9.96. The molecule has 3 heterocycles. The number of rotatable bonds is 7. The Morgan fingerprint density at radius 3 is 2.55 bits per heavy atom. The zero-order valence-electron chi connectivity index (χ0n) is 18.9. The molecule has 3 aromatic rings. The van der Waals surface area contributed by atoms with Gasteiger partial charge in [0.15, 0.2) is 5.11 Å². The number of nitrogens with zero attached hydrogens (tertiary/aromatic N) is 3. The molecule has 162 valence electrons. The number of unbranched alkanes of at least 4 members (excludes halogenated alkanes) is 1. The van der Waals surface area contributed by atoms with Gasteiger partial charge >= 0.3 is 0 Å². The van der Waals surface area contributed by atoms with Gasteiger partial charge < -0.3 is 14.8 Å². The molecule has 31 heavy (non-hydrogen) atoms. The minimum absolute atomic E-state index is 0.0425. The largest absolute Gasteiger partial charge is 0.352 e. The second-order valence-corrected chi connectivity index (χ2v) is 8.70. The predicted molar refractivity (Wildman–Crippen MR) is 132 cm³/mol. The Bertz CT molecular complexity index is 1060. The van der Waals surface area contributed by atoms with Crippen LogP contribution in [0, 0.1) is 13.8 Å². The van der Waals surface area contributed by atoms with Crippen LogP contribution in [0.15, 0.2) is 54.7 Å². The summed E-state index contributed by atoms with van der Waals surface area (Å²) in [5.41, 5.74) is 7.52. The fraction of sp³-hybridized carbons (Fsp3) is 0.385. The third-order valence-electron chi connectivity index (χ3n) is 6.35. The van der Waals surface area contributed by atoms with Gasteiger partial charge in [-0.05, 0) is 74.3 Å². The maximum atomic E-state index is 5.80. The normalized spacial score (nSPS) is 18.5. The second-order valence-electron chi connectivity index (χ2n) is 8.32. The molecule has 2 aromatic heterocycles. The van der Waals surface area contributed by atoms with Crippen LogP contribution in [0.25, 0.3) is 5.69 Å². The summed E-state index contributed by atoms with van der Waals surface area (Å²) in [5.74, 6) is 0. The van der Waals surface area contributed by atoms with Crippen LogP contribution in [0.1, 0.15) is 67.0 Å². The van der Waals surface area contributed by atoms with Crippen molar-refractivity contribution in [2.75, 3.05) is 6.54 Å². The molecule has 0 spiro atoms. The Balaban J connectivity index is 1.83. The van der Waals surface area contributed by atoms with Crippen molar-refractivity contribution in [3.05, 3.63) is 82.9 Å². The van der Waals surface area contributed by atoms with Gasteiger partial charge in [0, 0.05) is 29.8 Å². The molecular weight excluding hydrogens is 400 g/mol. The monoisotopic (exact) mass is 432 g/mol. The molecule has 0 radical (unpaired) electrons. The van der Waals surface area contributed by atoms with Crippen LogP contribution < -0.4 is 5.32 Å². The zero-order valence-corrected chi connectivity index (χ0v) is 19.7. The van der Waals surface area contributed by atoms with E-state index in [1.165, 1.54) is 28.2 Å². The minimum Gasteiger partial charge on any atom is -0.352 e. The van der Waals surface area contributed by atoms with Crippen LogP contribution >= 0.6 is 12.2 Å². The number of benzene rings is 1. The summed E-state index contributed by atoms with van der Waals surface area (Å²) in [4.78, 5) is 7.05. The van der Waals surface area contributed by atoms with Crippen molar-refractivity contribution in [1.82, 2.24) is 19.8 Å². The van der Waals surface area contributed by atoms with E-state index in [-0.39, 0.29) is 12.1 Å².